The number of ether oxygens (including phenoxy) is 2. The van der Waals surface area contributed by atoms with Crippen molar-refractivity contribution in [3.05, 3.63) is 0 Å². The van der Waals surface area contributed by atoms with E-state index in [9.17, 15) is 9.59 Å². The summed E-state index contributed by atoms with van der Waals surface area (Å²) in [5.74, 6) is -4.62. The maximum Gasteiger partial charge on any atom is 0.323 e. The third-order valence-electron chi connectivity index (χ3n) is 1.47. The number of carboxylic acid groups (broad SMARTS) is 2. The smallest absolute Gasteiger partial charge is 0.323 e. The zero-order valence-electron chi connectivity index (χ0n) is 8.10. The van der Waals surface area contributed by atoms with Crippen molar-refractivity contribution in [2.45, 2.75) is 20.1 Å². The quantitative estimate of drug-likeness (QED) is 0.455. The molecule has 0 aliphatic carbocycles. The standard InChI is InChI=1S/C8H14O6/c1-3-13-8(14-4-2)5(6(9)10)7(11)12/h5,8H,3-4H2,1-2H3,(H,9,10)(H,11,12). The van der Waals surface area contributed by atoms with Gasteiger partial charge in [0.15, 0.2) is 6.29 Å². The highest BCUT2D eigenvalue weighted by atomic mass is 16.7. The molecule has 6 nitrogen and oxygen atoms in total. The number of hydrogen-bond donors (Lipinski definition) is 2. The molecule has 82 valence electrons. The van der Waals surface area contributed by atoms with E-state index in [1.165, 1.54) is 0 Å². The second-order valence-corrected chi connectivity index (χ2v) is 2.43. The number of hydrogen-bond acceptors (Lipinski definition) is 4. The van der Waals surface area contributed by atoms with Crippen LogP contribution < -0.4 is 0 Å². The summed E-state index contributed by atoms with van der Waals surface area (Å²) in [7, 11) is 0. The lowest BCUT2D eigenvalue weighted by Gasteiger charge is -2.20. The van der Waals surface area contributed by atoms with Gasteiger partial charge in [-0.3, -0.25) is 9.59 Å². The monoisotopic (exact) mass is 206 g/mol. The molecule has 6 heteroatoms. The van der Waals surface area contributed by atoms with E-state index in [-0.39, 0.29) is 13.2 Å². The predicted octanol–water partition coefficient (Wildman–Crippen LogP) is 0.171. The van der Waals surface area contributed by atoms with Crippen LogP contribution in [0, 0.1) is 5.92 Å². The van der Waals surface area contributed by atoms with E-state index in [1.807, 2.05) is 0 Å². The first-order chi connectivity index (χ1) is 6.54. The summed E-state index contributed by atoms with van der Waals surface area (Å²) in [4.78, 5) is 21.2. The van der Waals surface area contributed by atoms with Crippen LogP contribution >= 0.6 is 0 Å². The van der Waals surface area contributed by atoms with Gasteiger partial charge >= 0.3 is 11.9 Å². The average molecular weight is 206 g/mol. The highest BCUT2D eigenvalue weighted by molar-refractivity contribution is 5.93. The van der Waals surface area contributed by atoms with Gasteiger partial charge in [-0.05, 0) is 13.8 Å². The lowest BCUT2D eigenvalue weighted by atomic mass is 10.1. The van der Waals surface area contributed by atoms with Gasteiger partial charge in [0, 0.05) is 13.2 Å². The molecule has 0 rings (SSSR count). The first-order valence-electron chi connectivity index (χ1n) is 4.23. The fourth-order valence-corrected chi connectivity index (χ4v) is 0.908. The van der Waals surface area contributed by atoms with Gasteiger partial charge in [0.05, 0.1) is 0 Å². The molecule has 0 saturated carbocycles. The molecular formula is C8H14O6. The molecule has 0 aromatic carbocycles. The minimum atomic E-state index is -1.69. The van der Waals surface area contributed by atoms with Crippen LogP contribution in [0.1, 0.15) is 13.8 Å². The number of carbonyl (C=O) groups is 2. The molecule has 0 fully saturated rings. The van der Waals surface area contributed by atoms with Crippen LogP contribution in [0.5, 0.6) is 0 Å². The fourth-order valence-electron chi connectivity index (χ4n) is 0.908. The largest absolute Gasteiger partial charge is 0.480 e. The Morgan fingerprint density at radius 2 is 1.43 bits per heavy atom. The molecule has 14 heavy (non-hydrogen) atoms. The minimum absolute atomic E-state index is 0.196. The first kappa shape index (κ1) is 12.9. The maximum atomic E-state index is 10.6. The summed E-state index contributed by atoms with van der Waals surface area (Å²) >= 11 is 0. The van der Waals surface area contributed by atoms with Crippen molar-refractivity contribution < 1.29 is 29.3 Å². The Labute approximate surface area is 81.4 Å². The van der Waals surface area contributed by atoms with E-state index in [1.54, 1.807) is 13.8 Å². The summed E-state index contributed by atoms with van der Waals surface area (Å²) < 4.78 is 9.77. The van der Waals surface area contributed by atoms with Crippen LogP contribution in [0.15, 0.2) is 0 Å². The van der Waals surface area contributed by atoms with Gasteiger partial charge in [0.1, 0.15) is 0 Å². The Balaban J connectivity index is 4.54. The van der Waals surface area contributed by atoms with Gasteiger partial charge in [-0.25, -0.2) is 0 Å². The van der Waals surface area contributed by atoms with Crippen LogP contribution in [-0.4, -0.2) is 41.7 Å². The van der Waals surface area contributed by atoms with E-state index in [2.05, 4.69) is 0 Å². The molecule has 0 aliphatic heterocycles. The number of carboxylic acids is 2. The Morgan fingerprint density at radius 1 is 1.07 bits per heavy atom. The van der Waals surface area contributed by atoms with Crippen molar-refractivity contribution in [2.24, 2.45) is 5.92 Å². The lowest BCUT2D eigenvalue weighted by molar-refractivity contribution is -0.195. The molecule has 2 N–H and O–H groups in total. The van der Waals surface area contributed by atoms with Gasteiger partial charge in [-0.2, -0.15) is 0 Å². The van der Waals surface area contributed by atoms with Crippen LogP contribution in [0.2, 0.25) is 0 Å². The first-order valence-corrected chi connectivity index (χ1v) is 4.23. The highest BCUT2D eigenvalue weighted by Gasteiger charge is 2.36. The topological polar surface area (TPSA) is 93.1 Å². The number of rotatable bonds is 7. The molecule has 0 amide bonds. The molecule has 0 spiro atoms. The third-order valence-corrected chi connectivity index (χ3v) is 1.47. The third kappa shape index (κ3) is 3.71. The zero-order chi connectivity index (χ0) is 11.1. The Morgan fingerprint density at radius 3 is 1.64 bits per heavy atom. The molecule has 0 heterocycles. The average Bonchev–Trinajstić information content (AvgIpc) is 2.03. The molecule has 0 bridgehead atoms. The van der Waals surface area contributed by atoms with Crippen molar-refractivity contribution in [2.75, 3.05) is 13.2 Å². The van der Waals surface area contributed by atoms with E-state index in [4.69, 9.17) is 19.7 Å². The van der Waals surface area contributed by atoms with Crippen molar-refractivity contribution >= 4 is 11.9 Å². The summed E-state index contributed by atoms with van der Waals surface area (Å²) in [6, 6.07) is 0. The molecule has 0 atom stereocenters. The highest BCUT2D eigenvalue weighted by Crippen LogP contribution is 2.10. The van der Waals surface area contributed by atoms with Crippen molar-refractivity contribution in [1.29, 1.82) is 0 Å². The molecule has 0 aromatic heterocycles. The molecule has 0 radical (unpaired) electrons. The summed E-state index contributed by atoms with van der Waals surface area (Å²) in [6.45, 7) is 3.66. The van der Waals surface area contributed by atoms with Crippen molar-refractivity contribution in [3.63, 3.8) is 0 Å². The van der Waals surface area contributed by atoms with Crippen molar-refractivity contribution in [3.8, 4) is 0 Å². The molecule has 0 aromatic rings. The Hall–Kier alpha value is -1.14. The Kier molecular flexibility index (Phi) is 5.82. The van der Waals surface area contributed by atoms with Gasteiger partial charge in [0.25, 0.3) is 0 Å². The van der Waals surface area contributed by atoms with E-state index >= 15 is 0 Å². The van der Waals surface area contributed by atoms with E-state index in [0.717, 1.165) is 0 Å². The van der Waals surface area contributed by atoms with E-state index < -0.39 is 24.1 Å². The number of aliphatic carboxylic acids is 2. The zero-order valence-corrected chi connectivity index (χ0v) is 8.10. The lowest BCUT2D eigenvalue weighted by Crippen LogP contribution is -2.38. The van der Waals surface area contributed by atoms with Gasteiger partial charge < -0.3 is 19.7 Å². The summed E-state index contributed by atoms with van der Waals surface area (Å²) in [6.07, 6.45) is -1.24. The predicted molar refractivity (Wildman–Crippen MR) is 45.8 cm³/mol. The maximum absolute atomic E-state index is 10.6. The van der Waals surface area contributed by atoms with Crippen LogP contribution in [-0.2, 0) is 19.1 Å². The van der Waals surface area contributed by atoms with Crippen LogP contribution in [0.25, 0.3) is 0 Å². The van der Waals surface area contributed by atoms with Crippen molar-refractivity contribution in [1.82, 2.24) is 0 Å². The second-order valence-electron chi connectivity index (χ2n) is 2.43. The van der Waals surface area contributed by atoms with Gasteiger partial charge in [-0.1, -0.05) is 0 Å². The van der Waals surface area contributed by atoms with Crippen LogP contribution in [0.4, 0.5) is 0 Å². The fraction of sp³-hybridized carbons (Fsp3) is 0.750. The molecule has 0 saturated heterocycles. The van der Waals surface area contributed by atoms with Crippen LogP contribution in [0.3, 0.4) is 0 Å². The Bertz CT molecular complexity index is 182. The van der Waals surface area contributed by atoms with E-state index in [0.29, 0.717) is 0 Å². The summed E-state index contributed by atoms with van der Waals surface area (Å²) in [5.41, 5.74) is 0. The van der Waals surface area contributed by atoms with Gasteiger partial charge in [-0.15, -0.1) is 0 Å². The normalized spacial score (nSPS) is 10.9. The minimum Gasteiger partial charge on any atom is -0.480 e. The SMILES string of the molecule is CCOC(OCC)C(C(=O)O)C(=O)O. The summed E-state index contributed by atoms with van der Waals surface area (Å²) in [5, 5.41) is 17.3. The second kappa shape index (κ2) is 6.33. The molecule has 0 aliphatic rings. The van der Waals surface area contributed by atoms with Gasteiger partial charge in [0.2, 0.25) is 5.92 Å². The molecule has 0 unspecified atom stereocenters. The molecular weight excluding hydrogens is 192 g/mol.